The molecule has 8 heteroatoms. The van der Waals surface area contributed by atoms with E-state index in [9.17, 15) is 19.2 Å². The minimum Gasteiger partial charge on any atom is -0.309 e. The van der Waals surface area contributed by atoms with Crippen molar-refractivity contribution in [3.05, 3.63) is 0 Å². The van der Waals surface area contributed by atoms with Gasteiger partial charge in [0, 0.05) is 0 Å². The zero-order chi connectivity index (χ0) is 10.3. The Kier molecular flexibility index (Phi) is 1.63. The number of carbonyl (C=O) groups excluding carboxylic acids is 4. The number of hydrogen-bond acceptors (Lipinski definition) is 4. The molecule has 0 spiro atoms. The molecule has 3 N–H and O–H groups in total. The van der Waals surface area contributed by atoms with Crippen molar-refractivity contribution in [1.29, 1.82) is 0 Å². The quantitative estimate of drug-likeness (QED) is 0.412. The average molecular weight is 198 g/mol. The van der Waals surface area contributed by atoms with E-state index in [0.717, 1.165) is 4.90 Å². The van der Waals surface area contributed by atoms with Gasteiger partial charge in [-0.25, -0.2) is 9.59 Å². The second kappa shape index (κ2) is 2.69. The Morgan fingerprint density at radius 3 is 2.29 bits per heavy atom. The van der Waals surface area contributed by atoms with Crippen LogP contribution in [0, 0.1) is 0 Å². The maximum atomic E-state index is 11.1. The Morgan fingerprint density at radius 2 is 1.86 bits per heavy atom. The number of nitrogens with one attached hydrogen (secondary N) is 3. The second-order valence-corrected chi connectivity index (χ2v) is 2.85. The van der Waals surface area contributed by atoms with E-state index in [0.29, 0.717) is 0 Å². The summed E-state index contributed by atoms with van der Waals surface area (Å²) in [6, 6.07) is -1.36. The Morgan fingerprint density at radius 1 is 1.14 bits per heavy atom. The summed E-state index contributed by atoms with van der Waals surface area (Å²) in [5, 5.41) is 6.16. The van der Waals surface area contributed by atoms with Crippen LogP contribution in [0.4, 0.5) is 9.59 Å². The van der Waals surface area contributed by atoms with Crippen LogP contribution in [0.25, 0.3) is 0 Å². The van der Waals surface area contributed by atoms with Gasteiger partial charge in [-0.3, -0.25) is 25.1 Å². The molecule has 14 heavy (non-hydrogen) atoms. The average Bonchev–Trinajstić information content (AvgIpc) is 2.55. The first-order valence-corrected chi connectivity index (χ1v) is 3.80. The SMILES string of the molecule is O=C1CN(C2NC(=O)NC2=O)C(=O)N1. The molecule has 0 radical (unpaired) electrons. The molecule has 2 saturated heterocycles. The number of nitrogens with zero attached hydrogens (tertiary/aromatic N) is 1. The predicted molar refractivity (Wildman–Crippen MR) is 40.7 cm³/mol. The molecule has 2 fully saturated rings. The molecular formula is C6H6N4O4. The third-order valence-electron chi connectivity index (χ3n) is 1.89. The molecule has 2 heterocycles. The van der Waals surface area contributed by atoms with Gasteiger partial charge in [-0.15, -0.1) is 0 Å². The summed E-state index contributed by atoms with van der Waals surface area (Å²) >= 11 is 0. The molecule has 0 bridgehead atoms. The van der Waals surface area contributed by atoms with Crippen LogP contribution < -0.4 is 16.0 Å². The lowest BCUT2D eigenvalue weighted by Gasteiger charge is -2.17. The molecule has 0 aromatic heterocycles. The molecule has 1 atom stereocenters. The Bertz CT molecular complexity index is 318. The highest BCUT2D eigenvalue weighted by molar-refractivity contribution is 6.08. The van der Waals surface area contributed by atoms with Gasteiger partial charge >= 0.3 is 12.1 Å². The largest absolute Gasteiger partial charge is 0.326 e. The highest BCUT2D eigenvalue weighted by Gasteiger charge is 2.41. The van der Waals surface area contributed by atoms with Crippen LogP contribution in [-0.2, 0) is 9.59 Å². The molecule has 2 aliphatic heterocycles. The van der Waals surface area contributed by atoms with E-state index in [1.165, 1.54) is 0 Å². The number of urea groups is 2. The summed E-state index contributed by atoms with van der Waals surface area (Å²) in [6.07, 6.45) is -1.09. The third kappa shape index (κ3) is 1.16. The number of rotatable bonds is 1. The van der Waals surface area contributed by atoms with Crippen LogP contribution in [0.5, 0.6) is 0 Å². The minimum atomic E-state index is -1.09. The van der Waals surface area contributed by atoms with Crippen LogP contribution in [0.2, 0.25) is 0 Å². The van der Waals surface area contributed by atoms with Gasteiger partial charge < -0.3 is 5.32 Å². The predicted octanol–water partition coefficient (Wildman–Crippen LogP) is -2.30. The van der Waals surface area contributed by atoms with Gasteiger partial charge in [0.15, 0.2) is 6.17 Å². The van der Waals surface area contributed by atoms with Gasteiger partial charge in [-0.1, -0.05) is 0 Å². The highest BCUT2D eigenvalue weighted by atomic mass is 16.2. The summed E-state index contributed by atoms with van der Waals surface area (Å²) in [5.74, 6) is -1.14. The Balaban J connectivity index is 2.16. The van der Waals surface area contributed by atoms with Crippen LogP contribution in [-0.4, -0.2) is 41.5 Å². The van der Waals surface area contributed by atoms with Gasteiger partial charge in [0.05, 0.1) is 0 Å². The molecule has 8 nitrogen and oxygen atoms in total. The summed E-state index contributed by atoms with van der Waals surface area (Å²) in [4.78, 5) is 44.6. The number of carbonyl (C=O) groups is 4. The van der Waals surface area contributed by atoms with Gasteiger partial charge in [-0.05, 0) is 0 Å². The smallest absolute Gasteiger partial charge is 0.309 e. The van der Waals surface area contributed by atoms with Crippen molar-refractivity contribution in [3.8, 4) is 0 Å². The first kappa shape index (κ1) is 8.48. The lowest BCUT2D eigenvalue weighted by atomic mass is 10.4. The van der Waals surface area contributed by atoms with Gasteiger partial charge in [-0.2, -0.15) is 0 Å². The Hall–Kier alpha value is -2.12. The zero-order valence-electron chi connectivity index (χ0n) is 6.86. The van der Waals surface area contributed by atoms with Crippen molar-refractivity contribution in [2.24, 2.45) is 0 Å². The van der Waals surface area contributed by atoms with E-state index in [2.05, 4.69) is 5.32 Å². The maximum Gasteiger partial charge on any atom is 0.326 e. The van der Waals surface area contributed by atoms with E-state index < -0.39 is 30.0 Å². The molecule has 6 amide bonds. The maximum absolute atomic E-state index is 11.1. The van der Waals surface area contributed by atoms with Gasteiger partial charge in [0.2, 0.25) is 5.91 Å². The van der Waals surface area contributed by atoms with Crippen molar-refractivity contribution in [2.75, 3.05) is 6.54 Å². The number of amides is 6. The summed E-state index contributed by atoms with van der Waals surface area (Å²) in [6.45, 7) is -0.225. The lowest BCUT2D eigenvalue weighted by molar-refractivity contribution is -0.123. The van der Waals surface area contributed by atoms with Crippen molar-refractivity contribution in [3.63, 3.8) is 0 Å². The van der Waals surface area contributed by atoms with E-state index in [4.69, 9.17) is 0 Å². The standard InChI is InChI=1S/C6H6N4O4/c11-2-1-10(6(14)7-2)3-4(12)9-5(13)8-3/h3H,1H2,(H,7,11,14)(H2,8,9,12,13). The van der Waals surface area contributed by atoms with Crippen LogP contribution in [0.15, 0.2) is 0 Å². The molecule has 2 aliphatic rings. The van der Waals surface area contributed by atoms with Crippen molar-refractivity contribution in [1.82, 2.24) is 20.9 Å². The Labute approximate surface area is 77.6 Å². The fourth-order valence-corrected chi connectivity index (χ4v) is 1.29. The molecule has 1 unspecified atom stereocenters. The van der Waals surface area contributed by atoms with Crippen molar-refractivity contribution >= 4 is 23.9 Å². The van der Waals surface area contributed by atoms with Crippen LogP contribution >= 0.6 is 0 Å². The summed E-state index contributed by atoms with van der Waals surface area (Å²) in [5.41, 5.74) is 0. The molecular weight excluding hydrogens is 192 g/mol. The fraction of sp³-hybridized carbons (Fsp3) is 0.333. The monoisotopic (exact) mass is 198 g/mol. The van der Waals surface area contributed by atoms with Crippen molar-refractivity contribution in [2.45, 2.75) is 6.17 Å². The summed E-state index contributed by atoms with van der Waals surface area (Å²) in [7, 11) is 0. The highest BCUT2D eigenvalue weighted by Crippen LogP contribution is 2.06. The molecule has 0 aromatic rings. The third-order valence-corrected chi connectivity index (χ3v) is 1.89. The van der Waals surface area contributed by atoms with Gasteiger partial charge in [0.25, 0.3) is 5.91 Å². The van der Waals surface area contributed by atoms with E-state index in [-0.39, 0.29) is 6.54 Å². The van der Waals surface area contributed by atoms with Crippen LogP contribution in [0.1, 0.15) is 0 Å². The zero-order valence-corrected chi connectivity index (χ0v) is 6.86. The molecule has 74 valence electrons. The van der Waals surface area contributed by atoms with Gasteiger partial charge in [0.1, 0.15) is 6.54 Å². The molecule has 2 rings (SSSR count). The lowest BCUT2D eigenvalue weighted by Crippen LogP contribution is -2.48. The van der Waals surface area contributed by atoms with Crippen molar-refractivity contribution < 1.29 is 19.2 Å². The van der Waals surface area contributed by atoms with E-state index in [1.807, 2.05) is 10.6 Å². The summed E-state index contributed by atoms with van der Waals surface area (Å²) < 4.78 is 0. The molecule has 0 aromatic carbocycles. The van der Waals surface area contributed by atoms with E-state index >= 15 is 0 Å². The topological polar surface area (TPSA) is 108 Å². The molecule has 0 aliphatic carbocycles. The first-order chi connectivity index (χ1) is 6.58. The first-order valence-electron chi connectivity index (χ1n) is 3.80. The van der Waals surface area contributed by atoms with Crippen LogP contribution in [0.3, 0.4) is 0 Å². The second-order valence-electron chi connectivity index (χ2n) is 2.85. The fourth-order valence-electron chi connectivity index (χ4n) is 1.29. The number of hydrogen-bond donors (Lipinski definition) is 3. The van der Waals surface area contributed by atoms with E-state index in [1.54, 1.807) is 0 Å². The normalized spacial score (nSPS) is 26.3. The number of imide groups is 2. The minimum absolute atomic E-state index is 0.225. The molecule has 0 saturated carbocycles.